The molecule has 2 N–H and O–H groups in total. The van der Waals surface area contributed by atoms with Crippen LogP contribution in [0.15, 0.2) is 55.0 Å². The van der Waals surface area contributed by atoms with E-state index in [1.54, 1.807) is 6.20 Å². The van der Waals surface area contributed by atoms with Gasteiger partial charge in [0.1, 0.15) is 0 Å². The van der Waals surface area contributed by atoms with Crippen molar-refractivity contribution < 1.29 is 4.79 Å². The van der Waals surface area contributed by atoms with E-state index in [2.05, 4.69) is 36.4 Å². The number of H-pyrrole nitrogens is 1. The number of hydrogen-bond acceptors (Lipinski definition) is 6. The molecule has 33 heavy (non-hydrogen) atoms. The number of anilines is 1. The Morgan fingerprint density at radius 3 is 2.70 bits per heavy atom. The van der Waals surface area contributed by atoms with E-state index in [0.29, 0.717) is 11.4 Å². The largest absolute Gasteiger partial charge is 0.319 e. The van der Waals surface area contributed by atoms with Gasteiger partial charge in [0.2, 0.25) is 0 Å². The number of likely N-dealkylation sites (tertiary alicyclic amines) is 1. The number of carbonyl (C=O) groups is 1. The van der Waals surface area contributed by atoms with Gasteiger partial charge in [0.15, 0.2) is 5.69 Å². The van der Waals surface area contributed by atoms with E-state index in [0.717, 1.165) is 53.9 Å². The van der Waals surface area contributed by atoms with Gasteiger partial charge in [0, 0.05) is 36.4 Å². The van der Waals surface area contributed by atoms with Crippen LogP contribution in [0, 0.1) is 0 Å². The third-order valence-corrected chi connectivity index (χ3v) is 5.82. The summed E-state index contributed by atoms with van der Waals surface area (Å²) < 4.78 is 0. The number of benzene rings is 1. The molecule has 1 aliphatic rings. The monoisotopic (exact) mass is 441 g/mol. The molecule has 1 saturated heterocycles. The van der Waals surface area contributed by atoms with Gasteiger partial charge >= 0.3 is 0 Å². The third-order valence-electron chi connectivity index (χ3n) is 5.82. The highest BCUT2D eigenvalue weighted by molar-refractivity contribution is 6.11. The molecule has 8 heteroatoms. The molecule has 1 fully saturated rings. The topological polar surface area (TPSA) is 90.0 Å². The highest BCUT2D eigenvalue weighted by atomic mass is 16.1. The minimum absolute atomic E-state index is 0.273. The Hall–Kier alpha value is -3.62. The summed E-state index contributed by atoms with van der Waals surface area (Å²) in [5, 5.41) is 10.9. The van der Waals surface area contributed by atoms with Gasteiger partial charge in [-0.05, 0) is 75.1 Å². The van der Waals surface area contributed by atoms with Crippen molar-refractivity contribution in [3.63, 3.8) is 0 Å². The minimum Gasteiger partial charge on any atom is -0.319 e. The van der Waals surface area contributed by atoms with Crippen molar-refractivity contribution in [2.45, 2.75) is 19.5 Å². The van der Waals surface area contributed by atoms with Crippen LogP contribution >= 0.6 is 0 Å². The quantitative estimate of drug-likeness (QED) is 0.456. The first-order valence-corrected chi connectivity index (χ1v) is 11.1. The first kappa shape index (κ1) is 21.2. The molecular formula is C25H27N7O. The first-order valence-electron chi connectivity index (χ1n) is 11.1. The highest BCUT2D eigenvalue weighted by Crippen LogP contribution is 2.26. The van der Waals surface area contributed by atoms with E-state index in [1.807, 2.05) is 61.7 Å². The van der Waals surface area contributed by atoms with Crippen LogP contribution in [0.4, 0.5) is 5.69 Å². The number of aromatic amines is 1. The number of rotatable bonds is 7. The summed E-state index contributed by atoms with van der Waals surface area (Å²) in [5.74, 6) is -0.273. The fourth-order valence-corrected chi connectivity index (χ4v) is 4.00. The molecule has 0 aliphatic carbocycles. The average Bonchev–Trinajstić information content (AvgIpc) is 3.21. The molecule has 0 bridgehead atoms. The summed E-state index contributed by atoms with van der Waals surface area (Å²) in [5.41, 5.74) is 5.98. The van der Waals surface area contributed by atoms with E-state index in [-0.39, 0.29) is 5.91 Å². The predicted octanol–water partition coefficient (Wildman–Crippen LogP) is 3.54. The lowest BCUT2D eigenvalue weighted by Crippen LogP contribution is -2.36. The molecule has 8 nitrogen and oxygen atoms in total. The van der Waals surface area contributed by atoms with Crippen molar-refractivity contribution >= 4 is 22.5 Å². The van der Waals surface area contributed by atoms with Gasteiger partial charge in [-0.1, -0.05) is 6.07 Å². The summed E-state index contributed by atoms with van der Waals surface area (Å²) in [4.78, 5) is 26.3. The first-order chi connectivity index (χ1) is 16.0. The molecule has 3 aromatic heterocycles. The maximum Gasteiger partial charge on any atom is 0.276 e. The number of pyridine rings is 2. The zero-order valence-corrected chi connectivity index (χ0v) is 18.9. The smallest absolute Gasteiger partial charge is 0.276 e. The maximum absolute atomic E-state index is 13.0. The lowest BCUT2D eigenvalue weighted by molar-refractivity contribution is 0.102. The molecule has 5 rings (SSSR count). The van der Waals surface area contributed by atoms with Gasteiger partial charge in [-0.25, -0.2) is 0 Å². The fourth-order valence-electron chi connectivity index (χ4n) is 4.00. The lowest BCUT2D eigenvalue weighted by atomic mass is 10.0. The van der Waals surface area contributed by atoms with Gasteiger partial charge in [-0.3, -0.25) is 24.8 Å². The second-order valence-corrected chi connectivity index (χ2v) is 8.77. The van der Waals surface area contributed by atoms with E-state index >= 15 is 0 Å². The number of amides is 1. The number of carbonyl (C=O) groups excluding carboxylic acids is 1. The number of fused-ring (bicyclic) bond motifs is 1. The van der Waals surface area contributed by atoms with Crippen molar-refractivity contribution in [1.29, 1.82) is 0 Å². The number of nitrogens with one attached hydrogen (secondary N) is 2. The lowest BCUT2D eigenvalue weighted by Gasteiger charge is -2.30. The van der Waals surface area contributed by atoms with Crippen LogP contribution in [0.3, 0.4) is 0 Å². The van der Waals surface area contributed by atoms with Gasteiger partial charge in [0.05, 0.1) is 23.1 Å². The molecule has 0 radical (unpaired) electrons. The van der Waals surface area contributed by atoms with Crippen molar-refractivity contribution in [2.75, 3.05) is 32.5 Å². The van der Waals surface area contributed by atoms with E-state index in [4.69, 9.17) is 0 Å². The Bertz CT molecular complexity index is 1280. The van der Waals surface area contributed by atoms with Gasteiger partial charge in [-0.15, -0.1) is 0 Å². The molecule has 1 amide bonds. The summed E-state index contributed by atoms with van der Waals surface area (Å²) in [6.07, 6.45) is 6.73. The SMILES string of the molecule is CN(C)Cc1ccc(NC(=O)c2n[nH]c3ccc(-c4cncc(CN5CCC5)c4)cc23)cn1. The van der Waals surface area contributed by atoms with Crippen LogP contribution in [0.5, 0.6) is 0 Å². The Morgan fingerprint density at radius 1 is 1.09 bits per heavy atom. The van der Waals surface area contributed by atoms with Crippen LogP contribution < -0.4 is 5.32 Å². The van der Waals surface area contributed by atoms with Gasteiger partial charge < -0.3 is 10.2 Å². The normalized spacial score (nSPS) is 13.9. The molecule has 0 saturated carbocycles. The summed E-state index contributed by atoms with van der Waals surface area (Å²) in [6, 6.07) is 11.9. The molecule has 1 aromatic carbocycles. The standard InChI is InChI=1S/C25H27N7O/c1-31(2)16-21-6-5-20(14-27-21)28-25(33)24-22-11-18(4-7-23(22)29-30-24)19-10-17(12-26-13-19)15-32-8-3-9-32/h4-7,10-14H,3,8-9,15-16H2,1-2H3,(H,28,33)(H,29,30). The third kappa shape index (κ3) is 4.76. The number of nitrogens with zero attached hydrogens (tertiary/aromatic N) is 5. The molecule has 1 aliphatic heterocycles. The van der Waals surface area contributed by atoms with Crippen LogP contribution in [0.25, 0.3) is 22.0 Å². The molecule has 4 heterocycles. The second-order valence-electron chi connectivity index (χ2n) is 8.77. The van der Waals surface area contributed by atoms with Crippen molar-refractivity contribution in [3.05, 3.63) is 71.9 Å². The number of aromatic nitrogens is 4. The van der Waals surface area contributed by atoms with Gasteiger partial charge in [0.25, 0.3) is 5.91 Å². The van der Waals surface area contributed by atoms with Crippen molar-refractivity contribution in [1.82, 2.24) is 30.0 Å². The van der Waals surface area contributed by atoms with Crippen LogP contribution in [-0.2, 0) is 13.1 Å². The zero-order chi connectivity index (χ0) is 22.8. The van der Waals surface area contributed by atoms with Gasteiger partial charge in [-0.2, -0.15) is 5.10 Å². The predicted molar refractivity (Wildman–Crippen MR) is 129 cm³/mol. The molecule has 0 spiro atoms. The van der Waals surface area contributed by atoms with Crippen LogP contribution in [-0.4, -0.2) is 63.1 Å². The molecule has 168 valence electrons. The molecule has 4 aromatic rings. The summed E-state index contributed by atoms with van der Waals surface area (Å²) in [6.45, 7) is 3.97. The highest BCUT2D eigenvalue weighted by Gasteiger charge is 2.17. The fraction of sp³-hybridized carbons (Fsp3) is 0.280. The zero-order valence-electron chi connectivity index (χ0n) is 18.9. The van der Waals surface area contributed by atoms with E-state index in [1.165, 1.54) is 12.0 Å². The Morgan fingerprint density at radius 2 is 1.97 bits per heavy atom. The molecular weight excluding hydrogens is 414 g/mol. The molecule has 0 atom stereocenters. The van der Waals surface area contributed by atoms with Crippen molar-refractivity contribution in [2.24, 2.45) is 0 Å². The Kier molecular flexibility index (Phi) is 5.85. The van der Waals surface area contributed by atoms with Crippen LogP contribution in [0.1, 0.15) is 28.2 Å². The van der Waals surface area contributed by atoms with Crippen molar-refractivity contribution in [3.8, 4) is 11.1 Å². The number of hydrogen-bond donors (Lipinski definition) is 2. The minimum atomic E-state index is -0.273. The Labute approximate surface area is 192 Å². The Balaban J connectivity index is 1.37. The van der Waals surface area contributed by atoms with E-state index < -0.39 is 0 Å². The maximum atomic E-state index is 13.0. The average molecular weight is 442 g/mol. The second kappa shape index (κ2) is 9.09. The molecule has 0 unspecified atom stereocenters. The summed E-state index contributed by atoms with van der Waals surface area (Å²) in [7, 11) is 3.99. The summed E-state index contributed by atoms with van der Waals surface area (Å²) >= 11 is 0. The van der Waals surface area contributed by atoms with Crippen LogP contribution in [0.2, 0.25) is 0 Å². The van der Waals surface area contributed by atoms with E-state index in [9.17, 15) is 4.79 Å².